The van der Waals surface area contributed by atoms with Crippen molar-refractivity contribution in [2.24, 2.45) is 0 Å². The first kappa shape index (κ1) is 32.0. The number of fused-ring (bicyclic) bond motifs is 6. The van der Waals surface area contributed by atoms with E-state index in [0.717, 1.165) is 17.1 Å². The largest absolute Gasteiger partial charge is 0.310 e. The van der Waals surface area contributed by atoms with Gasteiger partial charge in [0.2, 0.25) is 0 Å². The maximum atomic E-state index is 2.38. The van der Waals surface area contributed by atoms with Gasteiger partial charge in [-0.3, -0.25) is 0 Å². The third-order valence-corrected chi connectivity index (χ3v) is 11.7. The van der Waals surface area contributed by atoms with Gasteiger partial charge in [-0.25, -0.2) is 0 Å². The molecule has 1 nitrogen and oxygen atoms in total. The fourth-order valence-electron chi connectivity index (χ4n) is 7.82. The van der Waals surface area contributed by atoms with Gasteiger partial charge in [0.05, 0.1) is 0 Å². The van der Waals surface area contributed by atoms with Gasteiger partial charge in [0.25, 0.3) is 0 Å². The van der Waals surface area contributed by atoms with Crippen molar-refractivity contribution >= 4 is 60.7 Å². The Morgan fingerprint density at radius 2 is 0.648 bits per heavy atom. The Hall–Kier alpha value is -6.74. The molecule has 0 aliphatic heterocycles. The highest BCUT2D eigenvalue weighted by Crippen LogP contribution is 2.41. The number of rotatable bonds is 7. The van der Waals surface area contributed by atoms with Gasteiger partial charge in [0.1, 0.15) is 0 Å². The molecule has 0 unspecified atom stereocenters. The van der Waals surface area contributed by atoms with Crippen LogP contribution in [-0.4, -0.2) is 0 Å². The van der Waals surface area contributed by atoms with Crippen molar-refractivity contribution < 1.29 is 0 Å². The minimum atomic E-state index is 1.11. The topological polar surface area (TPSA) is 3.24 Å². The standard InChI is InChI=1S/C52H35NS/c1-3-12-36(13-4-1)37-22-27-42(28-23-37)53(43-29-24-39(25-30-43)52-33-32-51(54-52)38-14-5-2-6-15-38)44-17-11-16-40(34-44)41-26-31-49-47-20-8-7-18-45(47)46-19-9-10-21-48(46)50(49)35-41/h1-35H. The number of thiophene rings is 1. The second-order valence-electron chi connectivity index (χ2n) is 13.7. The van der Waals surface area contributed by atoms with E-state index in [-0.39, 0.29) is 0 Å². The zero-order valence-electron chi connectivity index (χ0n) is 29.6. The maximum absolute atomic E-state index is 2.38. The number of hydrogen-bond acceptors (Lipinski definition) is 2. The van der Waals surface area contributed by atoms with Crippen molar-refractivity contribution in [3.63, 3.8) is 0 Å². The lowest BCUT2D eigenvalue weighted by atomic mass is 9.92. The van der Waals surface area contributed by atoms with E-state index in [9.17, 15) is 0 Å². The molecular weight excluding hydrogens is 671 g/mol. The molecule has 9 aromatic carbocycles. The van der Waals surface area contributed by atoms with E-state index >= 15 is 0 Å². The lowest BCUT2D eigenvalue weighted by molar-refractivity contribution is 1.28. The monoisotopic (exact) mass is 705 g/mol. The minimum absolute atomic E-state index is 1.11. The summed E-state index contributed by atoms with van der Waals surface area (Å²) in [6.07, 6.45) is 0. The van der Waals surface area contributed by atoms with Crippen LogP contribution in [0.4, 0.5) is 17.1 Å². The van der Waals surface area contributed by atoms with E-state index in [1.807, 2.05) is 11.3 Å². The highest BCUT2D eigenvalue weighted by atomic mass is 32.1. The fourth-order valence-corrected chi connectivity index (χ4v) is 8.83. The summed E-state index contributed by atoms with van der Waals surface area (Å²) in [5.41, 5.74) is 10.6. The molecule has 54 heavy (non-hydrogen) atoms. The molecule has 0 aliphatic rings. The van der Waals surface area contributed by atoms with Crippen molar-refractivity contribution in [2.45, 2.75) is 0 Å². The first-order valence-corrected chi connectivity index (χ1v) is 19.2. The van der Waals surface area contributed by atoms with E-state index in [4.69, 9.17) is 0 Å². The molecule has 0 bridgehead atoms. The van der Waals surface area contributed by atoms with Crippen molar-refractivity contribution in [1.82, 2.24) is 0 Å². The van der Waals surface area contributed by atoms with Gasteiger partial charge in [0.15, 0.2) is 0 Å². The molecule has 0 spiro atoms. The third kappa shape index (κ3) is 5.84. The molecule has 0 N–H and O–H groups in total. The predicted molar refractivity (Wildman–Crippen MR) is 233 cm³/mol. The van der Waals surface area contributed by atoms with Crippen molar-refractivity contribution in [2.75, 3.05) is 4.90 Å². The molecule has 10 rings (SSSR count). The summed E-state index contributed by atoms with van der Waals surface area (Å²) in [5, 5.41) is 7.72. The van der Waals surface area contributed by atoms with Gasteiger partial charge in [0, 0.05) is 26.8 Å². The van der Waals surface area contributed by atoms with Crippen LogP contribution in [0.3, 0.4) is 0 Å². The van der Waals surface area contributed by atoms with Crippen LogP contribution >= 0.6 is 11.3 Å². The highest BCUT2D eigenvalue weighted by Gasteiger charge is 2.16. The van der Waals surface area contributed by atoms with Gasteiger partial charge in [-0.15, -0.1) is 11.3 Å². The van der Waals surface area contributed by atoms with Crippen molar-refractivity contribution in [3.05, 3.63) is 212 Å². The lowest BCUT2D eigenvalue weighted by Crippen LogP contribution is -2.10. The van der Waals surface area contributed by atoms with Crippen LogP contribution in [-0.2, 0) is 0 Å². The number of nitrogens with zero attached hydrogens (tertiary/aromatic N) is 1. The average Bonchev–Trinajstić information content (AvgIpc) is 3.76. The summed E-state index contributed by atoms with van der Waals surface area (Å²) in [5.74, 6) is 0. The zero-order valence-corrected chi connectivity index (χ0v) is 30.4. The molecule has 1 aromatic heterocycles. The molecule has 0 amide bonds. The lowest BCUT2D eigenvalue weighted by Gasteiger charge is -2.26. The van der Waals surface area contributed by atoms with Crippen molar-refractivity contribution in [1.29, 1.82) is 0 Å². The summed E-state index contributed by atoms with van der Waals surface area (Å²) in [7, 11) is 0. The predicted octanol–water partition coefficient (Wildman–Crippen LogP) is 15.3. The van der Waals surface area contributed by atoms with Gasteiger partial charge in [-0.1, -0.05) is 158 Å². The fraction of sp³-hybridized carbons (Fsp3) is 0. The normalized spacial score (nSPS) is 11.3. The van der Waals surface area contributed by atoms with Crippen LogP contribution in [0.2, 0.25) is 0 Å². The Morgan fingerprint density at radius 1 is 0.241 bits per heavy atom. The van der Waals surface area contributed by atoms with Crippen LogP contribution in [0.5, 0.6) is 0 Å². The van der Waals surface area contributed by atoms with Crippen LogP contribution in [0, 0.1) is 0 Å². The Balaban J connectivity index is 1.06. The number of hydrogen-bond donors (Lipinski definition) is 0. The van der Waals surface area contributed by atoms with Crippen LogP contribution in [0.25, 0.3) is 75.5 Å². The molecule has 0 saturated heterocycles. The average molecular weight is 706 g/mol. The molecule has 0 atom stereocenters. The minimum Gasteiger partial charge on any atom is -0.310 e. The zero-order chi connectivity index (χ0) is 35.8. The summed E-state index contributed by atoms with van der Waals surface area (Å²) < 4.78 is 0. The van der Waals surface area contributed by atoms with Crippen LogP contribution in [0.1, 0.15) is 0 Å². The molecule has 254 valence electrons. The molecule has 0 aliphatic carbocycles. The Bertz CT molecular complexity index is 2870. The second-order valence-corrected chi connectivity index (χ2v) is 14.8. The smallest absolute Gasteiger partial charge is 0.0467 e. The SMILES string of the molecule is c1ccc(-c2ccc(N(c3ccc(-c4ccc(-c5ccccc5)s4)cc3)c3cccc(-c4ccc5c6ccccc6c6ccccc6c5c4)c3)cc2)cc1. The molecule has 1 heterocycles. The van der Waals surface area contributed by atoms with Gasteiger partial charge in [-0.2, -0.15) is 0 Å². The first-order chi connectivity index (χ1) is 26.8. The summed E-state index contributed by atoms with van der Waals surface area (Å²) >= 11 is 1.83. The Labute approximate surface area is 319 Å². The van der Waals surface area contributed by atoms with Crippen LogP contribution < -0.4 is 4.90 Å². The molecule has 2 heteroatoms. The summed E-state index contributed by atoms with van der Waals surface area (Å²) in [6.45, 7) is 0. The van der Waals surface area contributed by atoms with E-state index in [1.165, 1.54) is 75.5 Å². The van der Waals surface area contributed by atoms with Gasteiger partial charge < -0.3 is 4.90 Å². The van der Waals surface area contributed by atoms with E-state index in [1.54, 1.807) is 0 Å². The van der Waals surface area contributed by atoms with Gasteiger partial charge >= 0.3 is 0 Å². The van der Waals surface area contributed by atoms with Crippen LogP contribution in [0.15, 0.2) is 212 Å². The quantitative estimate of drug-likeness (QED) is 0.149. The molecule has 0 fully saturated rings. The van der Waals surface area contributed by atoms with Gasteiger partial charge in [-0.05, 0) is 120 Å². The summed E-state index contributed by atoms with van der Waals surface area (Å²) in [4.78, 5) is 4.91. The number of anilines is 3. The molecular formula is C52H35NS. The Morgan fingerprint density at radius 3 is 1.24 bits per heavy atom. The molecule has 0 saturated carbocycles. The number of benzene rings is 9. The first-order valence-electron chi connectivity index (χ1n) is 18.4. The van der Waals surface area contributed by atoms with Crippen molar-refractivity contribution in [3.8, 4) is 43.1 Å². The Kier molecular flexibility index (Phi) is 8.09. The molecule has 10 aromatic rings. The van der Waals surface area contributed by atoms with E-state index in [2.05, 4.69) is 217 Å². The highest BCUT2D eigenvalue weighted by molar-refractivity contribution is 7.18. The second kappa shape index (κ2) is 13.7. The molecule has 0 radical (unpaired) electrons. The van der Waals surface area contributed by atoms with E-state index < -0.39 is 0 Å². The third-order valence-electron chi connectivity index (χ3n) is 10.5. The van der Waals surface area contributed by atoms with E-state index in [0.29, 0.717) is 0 Å². The maximum Gasteiger partial charge on any atom is 0.0467 e. The summed E-state index contributed by atoms with van der Waals surface area (Å²) in [6, 6.07) is 77.1.